The van der Waals surface area contributed by atoms with Gasteiger partial charge in [0.05, 0.1) is 0 Å². The Kier molecular flexibility index (Phi) is 3.57. The highest BCUT2D eigenvalue weighted by Crippen LogP contribution is 2.29. The molecular formula is C9H14NS. The van der Waals surface area contributed by atoms with Crippen molar-refractivity contribution in [2.24, 2.45) is 5.92 Å². The minimum absolute atomic E-state index is 0.679. The highest BCUT2D eigenvalue weighted by atomic mass is 32.2. The standard InChI is InChI=1S/C9H14NS/c1-3-4-8(2)9-7-10-5-6-11-9/h5-8H,3-4H2,1-2H3. The first-order valence-electron chi connectivity index (χ1n) is 4.06. The number of rotatable bonds is 3. The molecule has 1 atom stereocenters. The van der Waals surface area contributed by atoms with E-state index in [1.54, 1.807) is 11.8 Å². The lowest BCUT2D eigenvalue weighted by Crippen LogP contribution is -2.00. The van der Waals surface area contributed by atoms with Crippen molar-refractivity contribution in [3.05, 3.63) is 22.7 Å². The lowest BCUT2D eigenvalue weighted by molar-refractivity contribution is 0.623. The van der Waals surface area contributed by atoms with Crippen LogP contribution in [0.2, 0.25) is 0 Å². The van der Waals surface area contributed by atoms with Crippen LogP contribution >= 0.6 is 11.8 Å². The van der Waals surface area contributed by atoms with Crippen molar-refractivity contribution >= 4 is 11.8 Å². The van der Waals surface area contributed by atoms with Gasteiger partial charge in [0.25, 0.3) is 0 Å². The average molecular weight is 168 g/mol. The molecule has 1 unspecified atom stereocenters. The number of thioether (sulfide) groups is 1. The quantitative estimate of drug-likeness (QED) is 0.631. The van der Waals surface area contributed by atoms with E-state index in [-0.39, 0.29) is 0 Å². The Labute approximate surface area is 72.9 Å². The highest BCUT2D eigenvalue weighted by Gasteiger charge is 2.08. The first-order valence-corrected chi connectivity index (χ1v) is 4.94. The van der Waals surface area contributed by atoms with E-state index in [0.29, 0.717) is 5.92 Å². The van der Waals surface area contributed by atoms with Crippen molar-refractivity contribution in [1.82, 2.24) is 5.32 Å². The van der Waals surface area contributed by atoms with Crippen LogP contribution in [0, 0.1) is 5.92 Å². The molecule has 0 aromatic heterocycles. The van der Waals surface area contributed by atoms with Gasteiger partial charge in [-0.1, -0.05) is 32.0 Å². The summed E-state index contributed by atoms with van der Waals surface area (Å²) in [5.41, 5.74) is 0. The molecule has 1 radical (unpaired) electrons. The third-order valence-electron chi connectivity index (χ3n) is 1.76. The zero-order valence-corrected chi connectivity index (χ0v) is 7.90. The Morgan fingerprint density at radius 2 is 2.45 bits per heavy atom. The zero-order chi connectivity index (χ0) is 8.10. The normalized spacial score (nSPS) is 18.9. The van der Waals surface area contributed by atoms with Crippen LogP contribution in [0.3, 0.4) is 0 Å². The van der Waals surface area contributed by atoms with E-state index in [1.165, 1.54) is 17.7 Å². The second-order valence-corrected chi connectivity index (χ2v) is 3.75. The molecular weight excluding hydrogens is 154 g/mol. The van der Waals surface area contributed by atoms with Crippen LogP contribution in [0.15, 0.2) is 22.7 Å². The molecule has 1 heterocycles. The number of allylic oxidation sites excluding steroid dienone is 1. The van der Waals surface area contributed by atoms with E-state index in [0.717, 1.165) is 0 Å². The molecule has 2 heteroatoms. The van der Waals surface area contributed by atoms with Gasteiger partial charge >= 0.3 is 0 Å². The summed E-state index contributed by atoms with van der Waals surface area (Å²) < 4.78 is 0. The smallest absolute Gasteiger partial charge is 0.0369 e. The summed E-state index contributed by atoms with van der Waals surface area (Å²) in [5.74, 6) is 0.679. The largest absolute Gasteiger partial charge is 0.263 e. The summed E-state index contributed by atoms with van der Waals surface area (Å²) in [7, 11) is 0. The van der Waals surface area contributed by atoms with Gasteiger partial charge in [-0.15, -0.1) is 0 Å². The Balaban J connectivity index is 2.39. The Hall–Kier alpha value is -0.370. The molecule has 0 amide bonds. The predicted octanol–water partition coefficient (Wildman–Crippen LogP) is 3.09. The van der Waals surface area contributed by atoms with Crippen LogP contribution in [0.4, 0.5) is 0 Å². The molecule has 0 saturated heterocycles. The van der Waals surface area contributed by atoms with E-state index in [1.807, 2.05) is 17.8 Å². The minimum Gasteiger partial charge on any atom is -0.263 e. The Morgan fingerprint density at radius 3 is 3.00 bits per heavy atom. The van der Waals surface area contributed by atoms with Gasteiger partial charge in [0.1, 0.15) is 0 Å². The molecule has 1 nitrogen and oxygen atoms in total. The Bertz CT molecular complexity index is 172. The second-order valence-electron chi connectivity index (χ2n) is 2.77. The van der Waals surface area contributed by atoms with Crippen molar-refractivity contribution in [3.8, 4) is 0 Å². The molecule has 0 saturated carbocycles. The summed E-state index contributed by atoms with van der Waals surface area (Å²) in [4.78, 5) is 1.40. The molecule has 0 fully saturated rings. The monoisotopic (exact) mass is 168 g/mol. The lowest BCUT2D eigenvalue weighted by atomic mass is 10.1. The number of nitrogens with zero attached hydrogens (tertiary/aromatic N) is 1. The van der Waals surface area contributed by atoms with Crippen LogP contribution in [-0.4, -0.2) is 0 Å². The molecule has 1 aliphatic rings. The van der Waals surface area contributed by atoms with E-state index >= 15 is 0 Å². The van der Waals surface area contributed by atoms with E-state index in [9.17, 15) is 0 Å². The average Bonchev–Trinajstić information content (AvgIpc) is 2.07. The van der Waals surface area contributed by atoms with Crippen molar-refractivity contribution < 1.29 is 0 Å². The van der Waals surface area contributed by atoms with Crippen LogP contribution in [-0.2, 0) is 0 Å². The maximum absolute atomic E-state index is 4.10. The van der Waals surface area contributed by atoms with Crippen molar-refractivity contribution in [2.45, 2.75) is 26.7 Å². The van der Waals surface area contributed by atoms with Gasteiger partial charge in [0.2, 0.25) is 0 Å². The molecule has 1 rings (SSSR count). The number of hydrogen-bond donors (Lipinski definition) is 0. The topological polar surface area (TPSA) is 14.1 Å². The van der Waals surface area contributed by atoms with Crippen LogP contribution in [0.1, 0.15) is 26.7 Å². The molecule has 0 aliphatic carbocycles. The zero-order valence-electron chi connectivity index (χ0n) is 7.08. The summed E-state index contributed by atoms with van der Waals surface area (Å²) in [6.45, 7) is 4.48. The van der Waals surface area contributed by atoms with E-state index < -0.39 is 0 Å². The molecule has 0 bridgehead atoms. The molecule has 0 aromatic rings. The summed E-state index contributed by atoms with van der Waals surface area (Å²) in [6, 6.07) is 0. The fraction of sp³-hybridized carbons (Fsp3) is 0.556. The highest BCUT2D eigenvalue weighted by molar-refractivity contribution is 8.05. The fourth-order valence-corrected chi connectivity index (χ4v) is 1.87. The van der Waals surface area contributed by atoms with Crippen molar-refractivity contribution in [2.75, 3.05) is 0 Å². The number of hydrogen-bond acceptors (Lipinski definition) is 1. The van der Waals surface area contributed by atoms with E-state index in [4.69, 9.17) is 0 Å². The Morgan fingerprint density at radius 1 is 1.64 bits per heavy atom. The maximum Gasteiger partial charge on any atom is 0.0369 e. The van der Waals surface area contributed by atoms with Crippen LogP contribution in [0.5, 0.6) is 0 Å². The van der Waals surface area contributed by atoms with Crippen molar-refractivity contribution in [3.63, 3.8) is 0 Å². The van der Waals surface area contributed by atoms with Gasteiger partial charge in [-0.3, -0.25) is 5.32 Å². The molecule has 1 aliphatic heterocycles. The van der Waals surface area contributed by atoms with Gasteiger partial charge in [0, 0.05) is 17.3 Å². The van der Waals surface area contributed by atoms with Crippen LogP contribution < -0.4 is 5.32 Å². The minimum atomic E-state index is 0.679. The van der Waals surface area contributed by atoms with E-state index in [2.05, 4.69) is 19.2 Å². The van der Waals surface area contributed by atoms with Gasteiger partial charge in [0.15, 0.2) is 0 Å². The molecule has 61 valence electrons. The summed E-state index contributed by atoms with van der Waals surface area (Å²) in [6.07, 6.45) is 6.34. The van der Waals surface area contributed by atoms with Gasteiger partial charge in [-0.25, -0.2) is 0 Å². The third kappa shape index (κ3) is 2.62. The predicted molar refractivity (Wildman–Crippen MR) is 51.0 cm³/mol. The van der Waals surface area contributed by atoms with Gasteiger partial charge < -0.3 is 0 Å². The molecule has 0 spiro atoms. The summed E-state index contributed by atoms with van der Waals surface area (Å²) in [5, 5.41) is 6.14. The van der Waals surface area contributed by atoms with Crippen LogP contribution in [0.25, 0.3) is 0 Å². The molecule has 11 heavy (non-hydrogen) atoms. The molecule has 0 N–H and O–H groups in total. The second kappa shape index (κ2) is 4.50. The first kappa shape index (κ1) is 8.72. The lowest BCUT2D eigenvalue weighted by Gasteiger charge is -2.14. The van der Waals surface area contributed by atoms with Gasteiger partial charge in [-0.2, -0.15) is 0 Å². The maximum atomic E-state index is 4.10. The van der Waals surface area contributed by atoms with Crippen molar-refractivity contribution in [1.29, 1.82) is 0 Å². The summed E-state index contributed by atoms with van der Waals surface area (Å²) >= 11 is 1.80. The molecule has 0 aromatic carbocycles. The third-order valence-corrected chi connectivity index (χ3v) is 2.80. The SMILES string of the molecule is CCCC(C)C1=C[N]C=CS1. The fourth-order valence-electron chi connectivity index (χ4n) is 1.11. The van der Waals surface area contributed by atoms with Gasteiger partial charge in [-0.05, 0) is 17.7 Å². The first-order chi connectivity index (χ1) is 5.34.